The quantitative estimate of drug-likeness (QED) is 0.120. The van der Waals surface area contributed by atoms with Crippen molar-refractivity contribution in [2.75, 3.05) is 12.4 Å². The molecule has 0 unspecified atom stereocenters. The number of aliphatic carboxylic acids is 1. The SMILES string of the molecule is CCCCCC(=O)N(C)Cc1cc(-c2ccc([C@H](CC(=O)O)Nc3ccccc3C(=O)c3ccccc3)cc2)cs1. The molecule has 0 aliphatic carbocycles. The van der Waals surface area contributed by atoms with E-state index in [4.69, 9.17) is 0 Å². The maximum absolute atomic E-state index is 13.2. The highest BCUT2D eigenvalue weighted by Gasteiger charge is 2.20. The lowest BCUT2D eigenvalue weighted by Crippen LogP contribution is -2.25. The Hall–Kier alpha value is -4.23. The molecule has 4 rings (SSSR count). The van der Waals surface area contributed by atoms with Crippen LogP contribution in [0.1, 0.15) is 71.4 Å². The van der Waals surface area contributed by atoms with Crippen LogP contribution in [0.15, 0.2) is 90.3 Å². The molecule has 0 aliphatic heterocycles. The molecule has 0 radical (unpaired) electrons. The van der Waals surface area contributed by atoms with Gasteiger partial charge in [0.1, 0.15) is 0 Å². The number of anilines is 1. The van der Waals surface area contributed by atoms with Gasteiger partial charge in [0.2, 0.25) is 5.91 Å². The summed E-state index contributed by atoms with van der Waals surface area (Å²) in [6.45, 7) is 2.71. The Balaban J connectivity index is 1.48. The number of amides is 1. The van der Waals surface area contributed by atoms with Gasteiger partial charge in [-0.05, 0) is 46.7 Å². The molecule has 7 heteroatoms. The number of thiophene rings is 1. The van der Waals surface area contributed by atoms with Gasteiger partial charge in [-0.25, -0.2) is 0 Å². The maximum Gasteiger partial charge on any atom is 0.305 e. The Labute approximate surface area is 245 Å². The number of rotatable bonds is 14. The molecule has 0 aliphatic rings. The van der Waals surface area contributed by atoms with E-state index >= 15 is 0 Å². The minimum absolute atomic E-state index is 0.125. The van der Waals surface area contributed by atoms with Crippen LogP contribution < -0.4 is 5.32 Å². The van der Waals surface area contributed by atoms with Gasteiger partial charge in [0.25, 0.3) is 0 Å². The zero-order valence-corrected chi connectivity index (χ0v) is 24.3. The summed E-state index contributed by atoms with van der Waals surface area (Å²) in [5.74, 6) is -0.893. The normalized spacial score (nSPS) is 11.6. The Morgan fingerprint density at radius 2 is 1.61 bits per heavy atom. The Morgan fingerprint density at radius 3 is 2.32 bits per heavy atom. The van der Waals surface area contributed by atoms with Gasteiger partial charge in [0.15, 0.2) is 5.78 Å². The molecule has 6 nitrogen and oxygen atoms in total. The molecule has 0 spiro atoms. The second kappa shape index (κ2) is 14.4. The fourth-order valence-electron chi connectivity index (χ4n) is 4.73. The fraction of sp³-hybridized carbons (Fsp3) is 0.265. The van der Waals surface area contributed by atoms with E-state index in [0.29, 0.717) is 29.8 Å². The molecule has 3 aromatic carbocycles. The lowest BCUT2D eigenvalue weighted by molar-refractivity contribution is -0.137. The monoisotopic (exact) mass is 568 g/mol. The van der Waals surface area contributed by atoms with Crippen molar-refractivity contribution in [3.63, 3.8) is 0 Å². The molecule has 0 saturated carbocycles. The molecule has 212 valence electrons. The summed E-state index contributed by atoms with van der Waals surface area (Å²) in [5.41, 5.74) is 4.54. The zero-order chi connectivity index (χ0) is 29.2. The highest BCUT2D eigenvalue weighted by molar-refractivity contribution is 7.10. The van der Waals surface area contributed by atoms with E-state index in [0.717, 1.165) is 40.8 Å². The number of benzene rings is 3. The molecule has 1 aromatic heterocycles. The van der Waals surface area contributed by atoms with Crippen molar-refractivity contribution in [2.45, 2.75) is 51.6 Å². The van der Waals surface area contributed by atoms with Crippen LogP contribution in [-0.4, -0.2) is 34.7 Å². The van der Waals surface area contributed by atoms with Crippen LogP contribution in [-0.2, 0) is 16.1 Å². The molecule has 0 saturated heterocycles. The highest BCUT2D eigenvalue weighted by Crippen LogP contribution is 2.31. The number of carboxylic acids is 1. The largest absolute Gasteiger partial charge is 0.481 e. The smallest absolute Gasteiger partial charge is 0.305 e. The van der Waals surface area contributed by atoms with Crippen molar-refractivity contribution in [1.82, 2.24) is 4.90 Å². The number of hydrogen-bond acceptors (Lipinski definition) is 5. The van der Waals surface area contributed by atoms with E-state index in [1.165, 1.54) is 0 Å². The van der Waals surface area contributed by atoms with Crippen molar-refractivity contribution >= 4 is 34.7 Å². The molecule has 4 aromatic rings. The number of carbonyl (C=O) groups is 3. The van der Waals surface area contributed by atoms with Gasteiger partial charge in [-0.15, -0.1) is 11.3 Å². The average Bonchev–Trinajstić information content (AvgIpc) is 3.45. The third-order valence-corrected chi connectivity index (χ3v) is 7.95. The van der Waals surface area contributed by atoms with Crippen LogP contribution in [0.25, 0.3) is 11.1 Å². The van der Waals surface area contributed by atoms with Crippen molar-refractivity contribution in [1.29, 1.82) is 0 Å². The predicted octanol–water partition coefficient (Wildman–Crippen LogP) is 7.81. The summed E-state index contributed by atoms with van der Waals surface area (Å²) in [5, 5.41) is 15.1. The van der Waals surface area contributed by atoms with E-state index in [9.17, 15) is 19.5 Å². The minimum atomic E-state index is -0.936. The van der Waals surface area contributed by atoms with Crippen LogP contribution in [0.4, 0.5) is 5.69 Å². The number of para-hydroxylation sites is 1. The van der Waals surface area contributed by atoms with Gasteiger partial charge >= 0.3 is 5.97 Å². The van der Waals surface area contributed by atoms with Crippen LogP contribution in [0, 0.1) is 0 Å². The van der Waals surface area contributed by atoms with Gasteiger partial charge in [0, 0.05) is 35.2 Å². The Bertz CT molecular complexity index is 1460. The Kier molecular flexibility index (Phi) is 10.5. The first kappa shape index (κ1) is 29.7. The minimum Gasteiger partial charge on any atom is -0.481 e. The van der Waals surface area contributed by atoms with Crippen molar-refractivity contribution in [3.8, 4) is 11.1 Å². The van der Waals surface area contributed by atoms with Gasteiger partial charge < -0.3 is 15.3 Å². The first-order valence-electron chi connectivity index (χ1n) is 13.9. The van der Waals surface area contributed by atoms with Gasteiger partial charge in [-0.1, -0.05) is 86.5 Å². The van der Waals surface area contributed by atoms with Gasteiger partial charge in [-0.3, -0.25) is 14.4 Å². The lowest BCUT2D eigenvalue weighted by atomic mass is 9.97. The summed E-state index contributed by atoms with van der Waals surface area (Å²) in [6.07, 6.45) is 3.53. The number of carboxylic acid groups (broad SMARTS) is 1. The summed E-state index contributed by atoms with van der Waals surface area (Å²) >= 11 is 1.63. The predicted molar refractivity (Wildman–Crippen MR) is 165 cm³/mol. The molecule has 2 N–H and O–H groups in total. The standard InChI is InChI=1S/C34H36N2O4S/c1-3-4-6-15-32(37)36(2)22-28-20-27(23-41-28)24-16-18-25(19-17-24)31(21-33(38)39)35-30-14-10-9-13-29(30)34(40)26-11-7-5-8-12-26/h5,7-14,16-20,23,31,35H,3-4,6,15,21-22H2,1-2H3,(H,38,39)/t31-/m0/s1. The van der Waals surface area contributed by atoms with Gasteiger partial charge in [0.05, 0.1) is 19.0 Å². The van der Waals surface area contributed by atoms with E-state index in [1.807, 2.05) is 55.6 Å². The van der Waals surface area contributed by atoms with E-state index < -0.39 is 12.0 Å². The third kappa shape index (κ3) is 8.14. The average molecular weight is 569 g/mol. The van der Waals surface area contributed by atoms with E-state index in [2.05, 4.69) is 23.7 Å². The van der Waals surface area contributed by atoms with Crippen LogP contribution in [0.3, 0.4) is 0 Å². The van der Waals surface area contributed by atoms with Crippen molar-refractivity contribution in [3.05, 3.63) is 112 Å². The Morgan fingerprint density at radius 1 is 0.902 bits per heavy atom. The van der Waals surface area contributed by atoms with Crippen LogP contribution >= 0.6 is 11.3 Å². The molecule has 0 fully saturated rings. The molecule has 1 heterocycles. The molecular formula is C34H36N2O4S. The zero-order valence-electron chi connectivity index (χ0n) is 23.5. The first-order chi connectivity index (χ1) is 19.9. The topological polar surface area (TPSA) is 86.7 Å². The van der Waals surface area contributed by atoms with E-state index in [-0.39, 0.29) is 18.1 Å². The van der Waals surface area contributed by atoms with Crippen molar-refractivity contribution < 1.29 is 19.5 Å². The molecule has 1 amide bonds. The second-order valence-corrected chi connectivity index (χ2v) is 11.2. The molecular weight excluding hydrogens is 532 g/mol. The summed E-state index contributed by atoms with van der Waals surface area (Å²) < 4.78 is 0. The van der Waals surface area contributed by atoms with Crippen LogP contribution in [0.2, 0.25) is 0 Å². The summed E-state index contributed by atoms with van der Waals surface area (Å²) in [7, 11) is 1.85. The number of nitrogens with zero attached hydrogens (tertiary/aromatic N) is 1. The third-order valence-electron chi connectivity index (χ3n) is 7.03. The first-order valence-corrected chi connectivity index (χ1v) is 14.8. The molecule has 1 atom stereocenters. The fourth-order valence-corrected chi connectivity index (χ4v) is 5.67. The number of unbranched alkanes of at least 4 members (excludes halogenated alkanes) is 2. The number of nitrogens with one attached hydrogen (secondary N) is 1. The molecule has 41 heavy (non-hydrogen) atoms. The summed E-state index contributed by atoms with van der Waals surface area (Å²) in [4.78, 5) is 40.3. The number of ketones is 1. The lowest BCUT2D eigenvalue weighted by Gasteiger charge is -2.21. The highest BCUT2D eigenvalue weighted by atomic mass is 32.1. The van der Waals surface area contributed by atoms with E-state index in [1.54, 1.807) is 46.6 Å². The number of carbonyl (C=O) groups excluding carboxylic acids is 2. The van der Waals surface area contributed by atoms with Crippen molar-refractivity contribution in [2.24, 2.45) is 0 Å². The van der Waals surface area contributed by atoms with Crippen LogP contribution in [0.5, 0.6) is 0 Å². The number of hydrogen-bond donors (Lipinski definition) is 2. The van der Waals surface area contributed by atoms with Gasteiger partial charge in [-0.2, -0.15) is 0 Å². The second-order valence-electron chi connectivity index (χ2n) is 10.2. The summed E-state index contributed by atoms with van der Waals surface area (Å²) in [6, 6.07) is 25.6. The molecule has 0 bridgehead atoms. The maximum atomic E-state index is 13.2.